The monoisotopic (exact) mass is 142 g/mol. The predicted octanol–water partition coefficient (Wildman–Crippen LogP) is -0.373. The minimum absolute atomic E-state index is 0.00463. The Labute approximate surface area is 59.0 Å². The highest BCUT2D eigenvalue weighted by molar-refractivity contribution is 5.91. The van der Waals surface area contributed by atoms with Crippen LogP contribution in [0.5, 0.6) is 0 Å². The van der Waals surface area contributed by atoms with Crippen molar-refractivity contribution >= 4 is 5.78 Å². The topological polar surface area (TPSA) is 57.5 Å². The Bertz CT molecular complexity index is 181. The molecule has 0 aliphatic heterocycles. The second kappa shape index (κ2) is 2.18. The van der Waals surface area contributed by atoms with Gasteiger partial charge in [-0.05, 0) is 19.1 Å². The van der Waals surface area contributed by atoms with Crippen LogP contribution >= 0.6 is 0 Å². The van der Waals surface area contributed by atoms with Crippen LogP contribution in [-0.2, 0) is 4.79 Å². The van der Waals surface area contributed by atoms with E-state index in [-0.39, 0.29) is 12.2 Å². The van der Waals surface area contributed by atoms with Gasteiger partial charge in [-0.3, -0.25) is 4.79 Å². The number of carbonyl (C=O) groups is 1. The van der Waals surface area contributed by atoms with Crippen molar-refractivity contribution in [3.63, 3.8) is 0 Å². The third kappa shape index (κ3) is 1.25. The Morgan fingerprint density at radius 3 is 2.80 bits per heavy atom. The van der Waals surface area contributed by atoms with Gasteiger partial charge in [-0.25, -0.2) is 0 Å². The van der Waals surface area contributed by atoms with Crippen molar-refractivity contribution in [2.75, 3.05) is 0 Å². The van der Waals surface area contributed by atoms with Gasteiger partial charge in [-0.1, -0.05) is 0 Å². The summed E-state index contributed by atoms with van der Waals surface area (Å²) in [7, 11) is 0. The fraction of sp³-hybridized carbons (Fsp3) is 0.571. The number of carbonyl (C=O) groups excluding carboxylic acids is 1. The standard InChI is InChI=1S/C7H10O3/c1-7(10)4-5(8)2-3-6(7)9/h2-3,6,9-10H,4H2,1H3. The maximum Gasteiger partial charge on any atom is 0.158 e. The van der Waals surface area contributed by atoms with Crippen LogP contribution in [0.25, 0.3) is 0 Å². The van der Waals surface area contributed by atoms with Crippen LogP contribution in [0.3, 0.4) is 0 Å². The molecule has 1 aliphatic rings. The summed E-state index contributed by atoms with van der Waals surface area (Å²) in [4.78, 5) is 10.7. The molecule has 3 nitrogen and oxygen atoms in total. The van der Waals surface area contributed by atoms with Gasteiger partial charge in [-0.2, -0.15) is 0 Å². The molecule has 0 aromatic rings. The lowest BCUT2D eigenvalue weighted by molar-refractivity contribution is -0.124. The van der Waals surface area contributed by atoms with Gasteiger partial charge < -0.3 is 10.2 Å². The molecule has 0 radical (unpaired) electrons. The fourth-order valence-corrected chi connectivity index (χ4v) is 0.922. The zero-order valence-corrected chi connectivity index (χ0v) is 5.74. The van der Waals surface area contributed by atoms with Crippen molar-refractivity contribution in [1.29, 1.82) is 0 Å². The summed E-state index contributed by atoms with van der Waals surface area (Å²) in [6.07, 6.45) is 1.70. The maximum atomic E-state index is 10.7. The van der Waals surface area contributed by atoms with Crippen molar-refractivity contribution in [3.05, 3.63) is 12.2 Å². The molecule has 3 heteroatoms. The van der Waals surface area contributed by atoms with Gasteiger partial charge in [0.15, 0.2) is 5.78 Å². The molecule has 0 aromatic heterocycles. The first-order chi connectivity index (χ1) is 4.52. The van der Waals surface area contributed by atoms with Gasteiger partial charge in [0.25, 0.3) is 0 Å². The molecule has 2 atom stereocenters. The van der Waals surface area contributed by atoms with Crippen molar-refractivity contribution < 1.29 is 15.0 Å². The first-order valence-electron chi connectivity index (χ1n) is 3.14. The van der Waals surface area contributed by atoms with Gasteiger partial charge in [0, 0.05) is 6.42 Å². The molecule has 10 heavy (non-hydrogen) atoms. The average Bonchev–Trinajstić information content (AvgIpc) is 1.78. The van der Waals surface area contributed by atoms with E-state index < -0.39 is 11.7 Å². The summed E-state index contributed by atoms with van der Waals surface area (Å²) in [5, 5.41) is 18.4. The Hall–Kier alpha value is -0.670. The zero-order valence-electron chi connectivity index (χ0n) is 5.74. The number of ketones is 1. The molecule has 0 bridgehead atoms. The van der Waals surface area contributed by atoms with Gasteiger partial charge >= 0.3 is 0 Å². The smallest absolute Gasteiger partial charge is 0.158 e. The SMILES string of the molecule is CC1(O)CC(=O)C=CC1O. The van der Waals surface area contributed by atoms with Gasteiger partial charge in [0.1, 0.15) is 6.10 Å². The molecular weight excluding hydrogens is 132 g/mol. The predicted molar refractivity (Wildman–Crippen MR) is 35.4 cm³/mol. The molecule has 2 N–H and O–H groups in total. The van der Waals surface area contributed by atoms with E-state index in [4.69, 9.17) is 5.11 Å². The molecule has 0 saturated heterocycles. The summed E-state index contributed by atoms with van der Waals surface area (Å²) < 4.78 is 0. The number of rotatable bonds is 0. The van der Waals surface area contributed by atoms with Crippen molar-refractivity contribution in [3.8, 4) is 0 Å². The van der Waals surface area contributed by atoms with E-state index in [1.54, 1.807) is 0 Å². The first kappa shape index (κ1) is 7.44. The van der Waals surface area contributed by atoms with Crippen LogP contribution < -0.4 is 0 Å². The summed E-state index contributed by atoms with van der Waals surface area (Å²) in [5.41, 5.74) is -1.27. The Kier molecular flexibility index (Phi) is 1.62. The van der Waals surface area contributed by atoms with E-state index in [1.807, 2.05) is 0 Å². The molecule has 1 rings (SSSR count). The Morgan fingerprint density at radius 2 is 2.40 bits per heavy atom. The fourth-order valence-electron chi connectivity index (χ4n) is 0.922. The largest absolute Gasteiger partial charge is 0.387 e. The van der Waals surface area contributed by atoms with Crippen LogP contribution in [0, 0.1) is 0 Å². The molecule has 0 spiro atoms. The highest BCUT2D eigenvalue weighted by Gasteiger charge is 2.33. The number of allylic oxidation sites excluding steroid dienone is 1. The van der Waals surface area contributed by atoms with Gasteiger partial charge in [0.2, 0.25) is 0 Å². The molecule has 0 fully saturated rings. The van der Waals surface area contributed by atoms with E-state index in [1.165, 1.54) is 19.1 Å². The van der Waals surface area contributed by atoms with E-state index >= 15 is 0 Å². The van der Waals surface area contributed by atoms with E-state index in [0.717, 1.165) is 0 Å². The van der Waals surface area contributed by atoms with E-state index in [9.17, 15) is 9.90 Å². The number of hydrogen-bond acceptors (Lipinski definition) is 3. The van der Waals surface area contributed by atoms with Crippen LogP contribution in [-0.4, -0.2) is 27.7 Å². The average molecular weight is 142 g/mol. The lowest BCUT2D eigenvalue weighted by Gasteiger charge is -2.28. The maximum absolute atomic E-state index is 10.7. The highest BCUT2D eigenvalue weighted by atomic mass is 16.3. The van der Waals surface area contributed by atoms with Crippen LogP contribution in [0.15, 0.2) is 12.2 Å². The minimum atomic E-state index is -1.27. The number of aliphatic hydroxyl groups is 2. The molecule has 0 saturated carbocycles. The Balaban J connectivity index is 2.82. The Morgan fingerprint density at radius 1 is 1.80 bits per heavy atom. The van der Waals surface area contributed by atoms with Crippen LogP contribution in [0.1, 0.15) is 13.3 Å². The molecule has 0 amide bonds. The minimum Gasteiger partial charge on any atom is -0.387 e. The number of hydrogen-bond donors (Lipinski definition) is 2. The third-order valence-corrected chi connectivity index (χ3v) is 1.63. The normalized spacial score (nSPS) is 40.3. The second-order valence-electron chi connectivity index (χ2n) is 2.80. The molecule has 0 heterocycles. The van der Waals surface area contributed by atoms with E-state index in [0.29, 0.717) is 0 Å². The first-order valence-corrected chi connectivity index (χ1v) is 3.14. The van der Waals surface area contributed by atoms with Crippen LogP contribution in [0.4, 0.5) is 0 Å². The lowest BCUT2D eigenvalue weighted by atomic mass is 9.88. The van der Waals surface area contributed by atoms with Crippen molar-refractivity contribution in [1.82, 2.24) is 0 Å². The quantitative estimate of drug-likeness (QED) is 0.485. The van der Waals surface area contributed by atoms with E-state index in [2.05, 4.69) is 0 Å². The molecule has 2 unspecified atom stereocenters. The molecule has 1 aliphatic carbocycles. The summed E-state index contributed by atoms with van der Waals surface area (Å²) in [6, 6.07) is 0. The molecular formula is C7H10O3. The number of aliphatic hydroxyl groups excluding tert-OH is 1. The van der Waals surface area contributed by atoms with Crippen LogP contribution in [0.2, 0.25) is 0 Å². The molecule has 0 aromatic carbocycles. The van der Waals surface area contributed by atoms with Crippen molar-refractivity contribution in [2.45, 2.75) is 25.0 Å². The summed E-state index contributed by atoms with van der Waals surface area (Å²) in [5.74, 6) is -0.143. The summed E-state index contributed by atoms with van der Waals surface area (Å²) >= 11 is 0. The second-order valence-corrected chi connectivity index (χ2v) is 2.80. The van der Waals surface area contributed by atoms with Crippen molar-refractivity contribution in [2.24, 2.45) is 0 Å². The third-order valence-electron chi connectivity index (χ3n) is 1.63. The summed E-state index contributed by atoms with van der Waals surface area (Å²) in [6.45, 7) is 1.44. The highest BCUT2D eigenvalue weighted by Crippen LogP contribution is 2.20. The van der Waals surface area contributed by atoms with Gasteiger partial charge in [-0.15, -0.1) is 0 Å². The lowest BCUT2D eigenvalue weighted by Crippen LogP contribution is -2.42. The molecule has 56 valence electrons. The van der Waals surface area contributed by atoms with Gasteiger partial charge in [0.05, 0.1) is 5.60 Å². The zero-order chi connectivity index (χ0) is 7.78.